The largest absolute Gasteiger partial charge is 0.321 e. The molecule has 0 aromatic heterocycles. The first-order valence-corrected chi connectivity index (χ1v) is 7.88. The Morgan fingerprint density at radius 2 is 1.85 bits per heavy atom. The summed E-state index contributed by atoms with van der Waals surface area (Å²) >= 11 is 3.40. The van der Waals surface area contributed by atoms with E-state index in [2.05, 4.69) is 35.1 Å². The van der Waals surface area contributed by atoms with Gasteiger partial charge in [-0.05, 0) is 56.9 Å². The van der Waals surface area contributed by atoms with Crippen molar-refractivity contribution in [3.05, 3.63) is 40.5 Å². The number of nitrogens with one attached hydrogen (secondary N) is 1. The van der Waals surface area contributed by atoms with Gasteiger partial charge in [0.05, 0.1) is 0 Å². The third-order valence-corrected chi connectivity index (χ3v) is 4.31. The number of piperidine rings is 1. The molecule has 1 heterocycles. The van der Waals surface area contributed by atoms with Crippen LogP contribution < -0.4 is 5.32 Å². The van der Waals surface area contributed by atoms with E-state index in [9.17, 15) is 4.79 Å². The SMILES string of the molecule is CC1CCCC(C)N1C(=O)N/C=C/c1ccc(Br)cc1. The van der Waals surface area contributed by atoms with Gasteiger partial charge in [-0.2, -0.15) is 0 Å². The van der Waals surface area contributed by atoms with E-state index in [1.807, 2.05) is 35.2 Å². The first kappa shape index (κ1) is 15.1. The van der Waals surface area contributed by atoms with Crippen molar-refractivity contribution in [2.24, 2.45) is 0 Å². The molecule has 2 rings (SSSR count). The van der Waals surface area contributed by atoms with Crippen LogP contribution >= 0.6 is 15.9 Å². The van der Waals surface area contributed by atoms with Gasteiger partial charge in [0.1, 0.15) is 0 Å². The summed E-state index contributed by atoms with van der Waals surface area (Å²) in [5.41, 5.74) is 1.06. The van der Waals surface area contributed by atoms with Gasteiger partial charge in [0, 0.05) is 22.8 Å². The minimum Gasteiger partial charge on any atom is -0.319 e. The van der Waals surface area contributed by atoms with Crippen LogP contribution in [0.25, 0.3) is 6.08 Å². The molecule has 3 nitrogen and oxygen atoms in total. The molecule has 0 aliphatic carbocycles. The lowest BCUT2D eigenvalue weighted by molar-refractivity contribution is 0.126. The Morgan fingerprint density at radius 3 is 2.45 bits per heavy atom. The number of urea groups is 1. The second kappa shape index (κ2) is 6.93. The van der Waals surface area contributed by atoms with Crippen LogP contribution in [0.5, 0.6) is 0 Å². The molecule has 108 valence electrons. The highest BCUT2D eigenvalue weighted by Gasteiger charge is 2.28. The van der Waals surface area contributed by atoms with Crippen LogP contribution in [-0.2, 0) is 0 Å². The Kier molecular flexibility index (Phi) is 5.24. The summed E-state index contributed by atoms with van der Waals surface area (Å²) < 4.78 is 1.05. The first-order chi connectivity index (χ1) is 9.58. The van der Waals surface area contributed by atoms with Crippen molar-refractivity contribution in [3.8, 4) is 0 Å². The second-order valence-electron chi connectivity index (χ2n) is 5.37. The molecule has 0 radical (unpaired) electrons. The average molecular weight is 337 g/mol. The summed E-state index contributed by atoms with van der Waals surface area (Å²) in [5, 5.41) is 2.87. The van der Waals surface area contributed by atoms with E-state index >= 15 is 0 Å². The number of hydrogen-bond donors (Lipinski definition) is 1. The van der Waals surface area contributed by atoms with Gasteiger partial charge in [-0.25, -0.2) is 4.79 Å². The van der Waals surface area contributed by atoms with E-state index in [0.29, 0.717) is 12.1 Å². The smallest absolute Gasteiger partial charge is 0.319 e. The Labute approximate surface area is 129 Å². The van der Waals surface area contributed by atoms with Gasteiger partial charge in [0.2, 0.25) is 0 Å². The summed E-state index contributed by atoms with van der Waals surface area (Å²) in [4.78, 5) is 14.2. The van der Waals surface area contributed by atoms with Crippen LogP contribution in [-0.4, -0.2) is 23.0 Å². The molecule has 1 aromatic rings. The molecule has 1 aromatic carbocycles. The van der Waals surface area contributed by atoms with Crippen LogP contribution in [0.3, 0.4) is 0 Å². The maximum absolute atomic E-state index is 12.2. The molecule has 2 atom stereocenters. The van der Waals surface area contributed by atoms with E-state index in [0.717, 1.165) is 22.9 Å². The highest BCUT2D eigenvalue weighted by Crippen LogP contribution is 2.22. The van der Waals surface area contributed by atoms with E-state index in [1.54, 1.807) is 6.20 Å². The zero-order chi connectivity index (χ0) is 14.5. The number of benzene rings is 1. The van der Waals surface area contributed by atoms with Crippen LogP contribution in [0.1, 0.15) is 38.7 Å². The maximum Gasteiger partial charge on any atom is 0.321 e. The summed E-state index contributed by atoms with van der Waals surface area (Å²) in [7, 11) is 0. The number of likely N-dealkylation sites (tertiary alicyclic amines) is 1. The molecule has 1 aliphatic heterocycles. The molecule has 0 bridgehead atoms. The van der Waals surface area contributed by atoms with Crippen LogP contribution in [0, 0.1) is 0 Å². The predicted octanol–water partition coefficient (Wildman–Crippen LogP) is 4.39. The topological polar surface area (TPSA) is 32.3 Å². The number of carbonyl (C=O) groups is 1. The molecule has 4 heteroatoms. The molecule has 1 fully saturated rings. The lowest BCUT2D eigenvalue weighted by Gasteiger charge is -2.38. The molecule has 20 heavy (non-hydrogen) atoms. The number of halogens is 1. The summed E-state index contributed by atoms with van der Waals surface area (Å²) in [6.07, 6.45) is 7.02. The van der Waals surface area contributed by atoms with Crippen molar-refractivity contribution in [2.45, 2.75) is 45.2 Å². The molecule has 2 unspecified atom stereocenters. The van der Waals surface area contributed by atoms with E-state index in [4.69, 9.17) is 0 Å². The summed E-state index contributed by atoms with van der Waals surface area (Å²) in [6.45, 7) is 4.24. The zero-order valence-corrected chi connectivity index (χ0v) is 13.6. The molecular formula is C16H21BrN2O. The van der Waals surface area contributed by atoms with Crippen LogP contribution in [0.15, 0.2) is 34.9 Å². The minimum absolute atomic E-state index is 0.00179. The van der Waals surface area contributed by atoms with Crippen molar-refractivity contribution in [3.63, 3.8) is 0 Å². The van der Waals surface area contributed by atoms with Crippen molar-refractivity contribution in [1.29, 1.82) is 0 Å². The molecular weight excluding hydrogens is 316 g/mol. The monoisotopic (exact) mass is 336 g/mol. The summed E-state index contributed by atoms with van der Waals surface area (Å²) in [5.74, 6) is 0. The van der Waals surface area contributed by atoms with Crippen molar-refractivity contribution >= 4 is 28.0 Å². The second-order valence-corrected chi connectivity index (χ2v) is 6.29. The highest BCUT2D eigenvalue weighted by atomic mass is 79.9. The van der Waals surface area contributed by atoms with Crippen LogP contribution in [0.2, 0.25) is 0 Å². The van der Waals surface area contributed by atoms with Gasteiger partial charge in [-0.15, -0.1) is 0 Å². The predicted molar refractivity (Wildman–Crippen MR) is 86.3 cm³/mol. The minimum atomic E-state index is -0.00179. The molecule has 1 aliphatic rings. The quantitative estimate of drug-likeness (QED) is 0.853. The Morgan fingerprint density at radius 1 is 1.25 bits per heavy atom. The number of hydrogen-bond acceptors (Lipinski definition) is 1. The first-order valence-electron chi connectivity index (χ1n) is 7.09. The van der Waals surface area contributed by atoms with Gasteiger partial charge in [-0.1, -0.05) is 28.1 Å². The van der Waals surface area contributed by atoms with Gasteiger partial charge in [0.25, 0.3) is 0 Å². The number of nitrogens with zero attached hydrogens (tertiary/aromatic N) is 1. The van der Waals surface area contributed by atoms with Gasteiger partial charge < -0.3 is 10.2 Å². The van der Waals surface area contributed by atoms with E-state index in [-0.39, 0.29) is 6.03 Å². The lowest BCUT2D eigenvalue weighted by atomic mass is 9.98. The molecule has 1 saturated heterocycles. The van der Waals surface area contributed by atoms with E-state index < -0.39 is 0 Å². The van der Waals surface area contributed by atoms with E-state index in [1.165, 1.54) is 6.42 Å². The van der Waals surface area contributed by atoms with Crippen LogP contribution in [0.4, 0.5) is 4.79 Å². The maximum atomic E-state index is 12.2. The van der Waals surface area contributed by atoms with Gasteiger partial charge >= 0.3 is 6.03 Å². The van der Waals surface area contributed by atoms with Crippen molar-refractivity contribution in [1.82, 2.24) is 10.2 Å². The third-order valence-electron chi connectivity index (χ3n) is 3.78. The molecule has 2 amide bonds. The number of carbonyl (C=O) groups excluding carboxylic acids is 1. The third kappa shape index (κ3) is 3.85. The fourth-order valence-electron chi connectivity index (χ4n) is 2.68. The number of rotatable bonds is 2. The Hall–Kier alpha value is -1.29. The van der Waals surface area contributed by atoms with Crippen molar-refractivity contribution in [2.75, 3.05) is 0 Å². The zero-order valence-electron chi connectivity index (χ0n) is 12.0. The fraction of sp³-hybridized carbons (Fsp3) is 0.438. The summed E-state index contributed by atoms with van der Waals surface area (Å²) in [6, 6.07) is 8.60. The average Bonchev–Trinajstić information content (AvgIpc) is 2.41. The Balaban J connectivity index is 1.92. The van der Waals surface area contributed by atoms with Gasteiger partial charge in [0.15, 0.2) is 0 Å². The standard InChI is InChI=1S/C16H21BrN2O/c1-12-4-3-5-13(2)19(12)16(20)18-11-10-14-6-8-15(17)9-7-14/h6-13H,3-5H2,1-2H3,(H,18,20)/b11-10+. The number of amides is 2. The highest BCUT2D eigenvalue weighted by molar-refractivity contribution is 9.10. The fourth-order valence-corrected chi connectivity index (χ4v) is 2.94. The normalized spacial score (nSPS) is 23.1. The van der Waals surface area contributed by atoms with Crippen molar-refractivity contribution < 1.29 is 4.79 Å². The molecule has 0 spiro atoms. The molecule has 1 N–H and O–H groups in total. The molecule has 0 saturated carbocycles. The lowest BCUT2D eigenvalue weighted by Crippen LogP contribution is -2.50. The van der Waals surface area contributed by atoms with Gasteiger partial charge in [-0.3, -0.25) is 0 Å². The Bertz CT molecular complexity index is 474.